The highest BCUT2D eigenvalue weighted by Gasteiger charge is 2.27. The van der Waals surface area contributed by atoms with Crippen LogP contribution >= 0.6 is 49.9 Å². The van der Waals surface area contributed by atoms with Gasteiger partial charge in [0, 0.05) is 31.7 Å². The van der Waals surface area contributed by atoms with Crippen molar-refractivity contribution >= 4 is 78.9 Å². The molecule has 0 bridgehead atoms. The second-order valence-corrected chi connectivity index (χ2v) is 11.6. The van der Waals surface area contributed by atoms with Crippen LogP contribution in [0.25, 0.3) is 16.0 Å². The van der Waals surface area contributed by atoms with Gasteiger partial charge in [0.2, 0.25) is 0 Å². The van der Waals surface area contributed by atoms with E-state index in [0.29, 0.717) is 11.1 Å². The van der Waals surface area contributed by atoms with Gasteiger partial charge in [-0.3, -0.25) is 4.79 Å². The first kappa shape index (κ1) is 24.3. The van der Waals surface area contributed by atoms with E-state index in [1.54, 1.807) is 23.6 Å². The van der Waals surface area contributed by atoms with E-state index in [2.05, 4.69) is 49.0 Å². The van der Waals surface area contributed by atoms with Gasteiger partial charge in [-0.1, -0.05) is 15.9 Å². The molecule has 7 nitrogen and oxygen atoms in total. The van der Waals surface area contributed by atoms with Gasteiger partial charge in [-0.25, -0.2) is 10.2 Å². The predicted molar refractivity (Wildman–Crippen MR) is 148 cm³/mol. The lowest BCUT2D eigenvalue weighted by Crippen LogP contribution is -2.16. The highest BCUT2D eigenvalue weighted by Crippen LogP contribution is 2.38. The zero-order valence-electron chi connectivity index (χ0n) is 18.9. The predicted octanol–water partition coefficient (Wildman–Crippen LogP) is 6.61. The zero-order chi connectivity index (χ0) is 24.9. The summed E-state index contributed by atoms with van der Waals surface area (Å²) in [7, 11) is 0. The van der Waals surface area contributed by atoms with Crippen molar-refractivity contribution in [2.75, 3.05) is 0 Å². The molecule has 0 aliphatic heterocycles. The minimum Gasteiger partial charge on any atom is -0.478 e. The van der Waals surface area contributed by atoms with Crippen LogP contribution in [-0.4, -0.2) is 27.8 Å². The van der Waals surface area contributed by atoms with E-state index in [4.69, 9.17) is 4.42 Å². The van der Waals surface area contributed by atoms with Crippen molar-refractivity contribution in [3.05, 3.63) is 71.0 Å². The largest absolute Gasteiger partial charge is 0.478 e. The number of carboxylic acids is 1. The maximum Gasteiger partial charge on any atom is 0.339 e. The molecule has 1 aromatic carbocycles. The number of benzene rings is 1. The molecule has 1 aliphatic carbocycles. The quantitative estimate of drug-likeness (QED) is 0.142. The second kappa shape index (κ2) is 9.55. The molecule has 0 radical (unpaired) electrons. The number of aromatic carboxylic acids is 1. The smallest absolute Gasteiger partial charge is 0.339 e. The van der Waals surface area contributed by atoms with Crippen LogP contribution in [0.5, 0.6) is 0 Å². The molecule has 4 aromatic rings. The van der Waals surface area contributed by atoms with Crippen LogP contribution in [0.1, 0.15) is 61.1 Å². The number of amides is 1. The van der Waals surface area contributed by atoms with Crippen molar-refractivity contribution in [3.8, 4) is 5.00 Å². The first-order valence-corrected chi connectivity index (χ1v) is 13.7. The molecule has 0 saturated carbocycles. The minimum atomic E-state index is -0.887. The number of thiophene rings is 1. The van der Waals surface area contributed by atoms with Gasteiger partial charge in [-0.2, -0.15) is 5.10 Å². The summed E-state index contributed by atoms with van der Waals surface area (Å²) in [6, 6.07) is 7.44. The summed E-state index contributed by atoms with van der Waals surface area (Å²) in [6.07, 6.45) is 5.43. The Balaban J connectivity index is 1.41. The fourth-order valence-corrected chi connectivity index (χ4v) is 7.72. The fraction of sp³-hybridized carbons (Fsp3) is 0.240. The second-order valence-electron chi connectivity index (χ2n) is 8.47. The topological polar surface area (TPSA) is 96.8 Å². The van der Waals surface area contributed by atoms with Gasteiger partial charge in [-0.15, -0.1) is 11.3 Å². The molecule has 0 saturated heterocycles. The first-order valence-electron chi connectivity index (χ1n) is 11.0. The Kier molecular flexibility index (Phi) is 6.62. The van der Waals surface area contributed by atoms with E-state index in [0.717, 1.165) is 66.6 Å². The molecule has 0 fully saturated rings. The molecular formula is C25H21BrIN3O4S. The summed E-state index contributed by atoms with van der Waals surface area (Å²) in [5.41, 5.74) is 7.15. The summed E-state index contributed by atoms with van der Waals surface area (Å²) >= 11 is 7.18. The Morgan fingerprint density at radius 2 is 2.00 bits per heavy atom. The number of halogens is 2. The van der Waals surface area contributed by atoms with E-state index >= 15 is 0 Å². The molecule has 3 heterocycles. The third-order valence-corrected chi connectivity index (χ3v) is 8.71. The van der Waals surface area contributed by atoms with Gasteiger partial charge in [0.15, 0.2) is 5.76 Å². The van der Waals surface area contributed by atoms with Gasteiger partial charge in [0.05, 0.1) is 15.3 Å². The summed E-state index contributed by atoms with van der Waals surface area (Å²) in [4.78, 5) is 25.9. The average Bonchev–Trinajstić information content (AvgIpc) is 3.47. The molecule has 180 valence electrons. The number of rotatable bonds is 5. The number of aryl methyl sites for hydroxylation is 2. The highest BCUT2D eigenvalue weighted by atomic mass is 127. The Labute approximate surface area is 227 Å². The number of carbonyl (C=O) groups is 2. The number of hydrazone groups is 1. The third-order valence-electron chi connectivity index (χ3n) is 6.17. The Morgan fingerprint density at radius 1 is 1.23 bits per heavy atom. The summed E-state index contributed by atoms with van der Waals surface area (Å²) < 4.78 is 9.52. The van der Waals surface area contributed by atoms with Crippen LogP contribution in [0, 0.1) is 17.4 Å². The lowest BCUT2D eigenvalue weighted by molar-refractivity contribution is 0.0695. The van der Waals surface area contributed by atoms with Crippen molar-refractivity contribution in [2.45, 2.75) is 39.5 Å². The maximum absolute atomic E-state index is 12.6. The van der Waals surface area contributed by atoms with E-state index in [1.807, 2.05) is 36.6 Å². The van der Waals surface area contributed by atoms with Gasteiger partial charge in [0.1, 0.15) is 10.6 Å². The molecule has 2 N–H and O–H groups in total. The van der Waals surface area contributed by atoms with Crippen molar-refractivity contribution < 1.29 is 19.1 Å². The standard InChI is InChI=1S/C25H21BrIN3O4S/c1-12-7-15(11-28-29-23(31)19-9-14-8-16(26)10-18(27)22(14)34-19)13(2)30(12)24-21(25(32)33)17-5-3-4-6-20(17)35-24/h7-11H,3-6H2,1-2H3,(H,29,31)(H,32,33)/b28-11-. The Bertz CT molecular complexity index is 1530. The van der Waals surface area contributed by atoms with E-state index < -0.39 is 11.9 Å². The Morgan fingerprint density at radius 3 is 2.77 bits per heavy atom. The lowest BCUT2D eigenvalue weighted by Gasteiger charge is -2.11. The van der Waals surface area contributed by atoms with E-state index in [1.165, 1.54) is 4.88 Å². The van der Waals surface area contributed by atoms with Crippen LogP contribution in [0.4, 0.5) is 0 Å². The molecule has 10 heteroatoms. The van der Waals surface area contributed by atoms with E-state index in [9.17, 15) is 14.7 Å². The number of nitrogens with zero attached hydrogens (tertiary/aromatic N) is 2. The number of hydrogen-bond donors (Lipinski definition) is 2. The SMILES string of the molecule is Cc1cc(/C=N\NC(=O)c2cc3cc(Br)cc(I)c3o2)c(C)n1-c1sc2c(c1C(=O)O)CCCC2. The van der Waals surface area contributed by atoms with Gasteiger partial charge in [0.25, 0.3) is 0 Å². The van der Waals surface area contributed by atoms with Crippen molar-refractivity contribution in [1.29, 1.82) is 0 Å². The summed E-state index contributed by atoms with van der Waals surface area (Å²) in [6.45, 7) is 3.88. The molecule has 0 atom stereocenters. The fourth-order valence-electron chi connectivity index (χ4n) is 4.56. The number of carbonyl (C=O) groups excluding carboxylic acids is 1. The molecule has 0 unspecified atom stereocenters. The summed E-state index contributed by atoms with van der Waals surface area (Å²) in [5.74, 6) is -1.16. The van der Waals surface area contributed by atoms with Crippen LogP contribution in [0.3, 0.4) is 0 Å². The summed E-state index contributed by atoms with van der Waals surface area (Å²) in [5, 5.41) is 15.7. The van der Waals surface area contributed by atoms with Crippen molar-refractivity contribution in [3.63, 3.8) is 0 Å². The third kappa shape index (κ3) is 4.47. The van der Waals surface area contributed by atoms with E-state index in [-0.39, 0.29) is 5.76 Å². The monoisotopic (exact) mass is 665 g/mol. The van der Waals surface area contributed by atoms with Gasteiger partial charge >= 0.3 is 11.9 Å². The minimum absolute atomic E-state index is 0.175. The van der Waals surface area contributed by atoms with Crippen LogP contribution in [-0.2, 0) is 12.8 Å². The molecule has 1 amide bonds. The number of hydrogen-bond acceptors (Lipinski definition) is 5. The molecule has 35 heavy (non-hydrogen) atoms. The van der Waals surface area contributed by atoms with Gasteiger partial charge < -0.3 is 14.1 Å². The number of nitrogens with one attached hydrogen (secondary N) is 1. The van der Waals surface area contributed by atoms with Crippen LogP contribution < -0.4 is 5.43 Å². The molecule has 3 aromatic heterocycles. The van der Waals surface area contributed by atoms with Crippen molar-refractivity contribution in [1.82, 2.24) is 9.99 Å². The lowest BCUT2D eigenvalue weighted by atomic mass is 9.95. The first-order chi connectivity index (χ1) is 16.7. The number of fused-ring (bicyclic) bond motifs is 2. The van der Waals surface area contributed by atoms with Crippen molar-refractivity contribution in [2.24, 2.45) is 5.10 Å². The molecule has 1 aliphatic rings. The number of carboxylic acid groups (broad SMARTS) is 1. The molecule has 5 rings (SSSR count). The number of aromatic nitrogens is 1. The molecule has 0 spiro atoms. The molecular weight excluding hydrogens is 645 g/mol. The maximum atomic E-state index is 12.6. The zero-order valence-corrected chi connectivity index (χ0v) is 23.5. The number of furan rings is 1. The normalized spacial score (nSPS) is 13.5. The average molecular weight is 666 g/mol. The van der Waals surface area contributed by atoms with Crippen LogP contribution in [0.2, 0.25) is 0 Å². The Hall–Kier alpha value is -2.44. The van der Waals surface area contributed by atoms with Gasteiger partial charge in [-0.05, 0) is 92.0 Å². The van der Waals surface area contributed by atoms with Crippen LogP contribution in [0.15, 0.2) is 38.3 Å². The highest BCUT2D eigenvalue weighted by molar-refractivity contribution is 14.1.